The van der Waals surface area contributed by atoms with Crippen molar-refractivity contribution in [3.05, 3.63) is 24.3 Å². The highest BCUT2D eigenvalue weighted by Gasteiger charge is 2.15. The van der Waals surface area contributed by atoms with Gasteiger partial charge in [0.15, 0.2) is 0 Å². The Hall–Kier alpha value is -2.06. The van der Waals surface area contributed by atoms with Gasteiger partial charge in [-0.3, -0.25) is 0 Å². The zero-order chi connectivity index (χ0) is 22.7. The Morgan fingerprint density at radius 3 is 1.53 bits per heavy atom. The molecule has 2 amide bonds. The number of hydrogen-bond donors (Lipinski definition) is 2. The fraction of sp³-hybridized carbons (Fsp3) is 0.750. The fourth-order valence-electron chi connectivity index (χ4n) is 3.65. The maximum absolute atomic E-state index is 11.9. The van der Waals surface area contributed by atoms with Gasteiger partial charge in [-0.1, -0.05) is 24.3 Å². The van der Waals surface area contributed by atoms with E-state index in [0.29, 0.717) is 39.5 Å². The van der Waals surface area contributed by atoms with E-state index in [1.807, 2.05) is 0 Å². The molecule has 0 radical (unpaired) electrons. The van der Waals surface area contributed by atoms with Crippen molar-refractivity contribution in [1.82, 2.24) is 10.6 Å². The number of nitrogens with one attached hydrogen (secondary N) is 2. The molecule has 0 saturated heterocycles. The summed E-state index contributed by atoms with van der Waals surface area (Å²) < 4.78 is 21.8. The quantitative estimate of drug-likeness (QED) is 0.359. The maximum atomic E-state index is 11.9. The average molecular weight is 453 g/mol. The van der Waals surface area contributed by atoms with Crippen molar-refractivity contribution in [1.29, 1.82) is 0 Å². The molecule has 0 heterocycles. The lowest BCUT2D eigenvalue weighted by Crippen LogP contribution is -2.32. The standard InChI is InChI=1S/C24H40N2O6/c27-23(31-21-11-7-3-1-4-8-12-21)25-15-17-29-19-20-30-18-16-26-24(28)32-22-13-9-5-2-6-10-14-22/h1-3,5,21-22H,4,6-20H2,(H,25,27)(H,26,28)/b3-1-,5-2-. The number of allylic oxidation sites excluding steroid dienone is 4. The molecule has 8 nitrogen and oxygen atoms in total. The summed E-state index contributed by atoms with van der Waals surface area (Å²) in [7, 11) is 0. The Bertz CT molecular complexity index is 531. The molecule has 8 heteroatoms. The normalized spacial score (nSPS) is 23.5. The molecule has 0 saturated carbocycles. The SMILES string of the molecule is O=C(NCCOCCOCCNC(=O)OC1CC/C=C\CCC1)OC1CC/C=C\CCC1. The summed E-state index contributed by atoms with van der Waals surface area (Å²) in [5, 5.41) is 5.44. The van der Waals surface area contributed by atoms with Crippen LogP contribution in [-0.2, 0) is 18.9 Å². The summed E-state index contributed by atoms with van der Waals surface area (Å²) in [4.78, 5) is 23.7. The minimum Gasteiger partial charge on any atom is -0.446 e. The molecule has 2 atom stereocenters. The van der Waals surface area contributed by atoms with Gasteiger partial charge in [0.05, 0.1) is 26.4 Å². The molecule has 0 aromatic rings. The molecule has 182 valence electrons. The molecule has 0 aromatic heterocycles. The van der Waals surface area contributed by atoms with Crippen molar-refractivity contribution < 1.29 is 28.5 Å². The van der Waals surface area contributed by atoms with Gasteiger partial charge in [0.2, 0.25) is 0 Å². The van der Waals surface area contributed by atoms with E-state index in [1.165, 1.54) is 0 Å². The topological polar surface area (TPSA) is 95.1 Å². The van der Waals surface area contributed by atoms with Crippen LogP contribution in [0.2, 0.25) is 0 Å². The Kier molecular flexibility index (Phi) is 14.3. The summed E-state index contributed by atoms with van der Waals surface area (Å²) in [6, 6.07) is 0. The Morgan fingerprint density at radius 1 is 0.625 bits per heavy atom. The molecule has 32 heavy (non-hydrogen) atoms. The molecular formula is C24H40N2O6. The number of rotatable bonds is 11. The first-order chi connectivity index (χ1) is 15.7. The molecular weight excluding hydrogens is 412 g/mol. The van der Waals surface area contributed by atoms with Crippen molar-refractivity contribution in [2.75, 3.05) is 39.5 Å². The van der Waals surface area contributed by atoms with Crippen LogP contribution < -0.4 is 10.6 Å². The van der Waals surface area contributed by atoms with Gasteiger partial charge in [-0.05, 0) is 64.2 Å². The zero-order valence-corrected chi connectivity index (χ0v) is 19.2. The number of alkyl carbamates (subject to hydrolysis) is 2. The molecule has 0 aliphatic heterocycles. The van der Waals surface area contributed by atoms with Crippen LogP contribution in [0.1, 0.15) is 64.2 Å². The minimum absolute atomic E-state index is 0.00553. The molecule has 2 rings (SSSR count). The van der Waals surface area contributed by atoms with E-state index in [0.717, 1.165) is 64.2 Å². The second kappa shape index (κ2) is 17.5. The number of amides is 2. The minimum atomic E-state index is -0.381. The smallest absolute Gasteiger partial charge is 0.407 e. The monoisotopic (exact) mass is 452 g/mol. The second-order valence-corrected chi connectivity index (χ2v) is 8.09. The predicted molar refractivity (Wildman–Crippen MR) is 123 cm³/mol. The number of carbonyl (C=O) groups is 2. The third-order valence-corrected chi connectivity index (χ3v) is 5.39. The highest BCUT2D eigenvalue weighted by Crippen LogP contribution is 2.16. The van der Waals surface area contributed by atoms with E-state index in [4.69, 9.17) is 18.9 Å². The summed E-state index contributed by atoms with van der Waals surface area (Å²) in [5.41, 5.74) is 0. The van der Waals surface area contributed by atoms with E-state index in [1.54, 1.807) is 0 Å². The van der Waals surface area contributed by atoms with Crippen molar-refractivity contribution in [3.63, 3.8) is 0 Å². The van der Waals surface area contributed by atoms with Crippen LogP contribution in [0.3, 0.4) is 0 Å². The summed E-state index contributed by atoms with van der Waals surface area (Å²) in [6.45, 7) is 2.43. The molecule has 0 aromatic carbocycles. The third kappa shape index (κ3) is 13.4. The highest BCUT2D eigenvalue weighted by atomic mass is 16.6. The van der Waals surface area contributed by atoms with Crippen LogP contribution in [0, 0.1) is 0 Å². The van der Waals surface area contributed by atoms with Gasteiger partial charge in [-0.15, -0.1) is 0 Å². The van der Waals surface area contributed by atoms with Crippen molar-refractivity contribution in [2.24, 2.45) is 0 Å². The van der Waals surface area contributed by atoms with Gasteiger partial charge in [0.25, 0.3) is 0 Å². The van der Waals surface area contributed by atoms with Gasteiger partial charge in [-0.25, -0.2) is 9.59 Å². The molecule has 0 spiro atoms. The molecule has 2 unspecified atom stereocenters. The number of ether oxygens (including phenoxy) is 4. The van der Waals surface area contributed by atoms with Crippen molar-refractivity contribution >= 4 is 12.2 Å². The first-order valence-electron chi connectivity index (χ1n) is 12.1. The van der Waals surface area contributed by atoms with Gasteiger partial charge < -0.3 is 29.6 Å². The Labute approximate surface area is 192 Å². The molecule has 2 aliphatic carbocycles. The van der Waals surface area contributed by atoms with Crippen LogP contribution in [0.4, 0.5) is 9.59 Å². The molecule has 0 fully saturated rings. The van der Waals surface area contributed by atoms with Crippen LogP contribution in [0.5, 0.6) is 0 Å². The first-order valence-corrected chi connectivity index (χ1v) is 12.1. The first kappa shape index (κ1) is 26.2. The fourth-order valence-corrected chi connectivity index (χ4v) is 3.65. The Balaban J connectivity index is 1.36. The van der Waals surface area contributed by atoms with E-state index in [9.17, 15) is 9.59 Å². The lowest BCUT2D eigenvalue weighted by molar-refractivity contribution is 0.0452. The van der Waals surface area contributed by atoms with E-state index >= 15 is 0 Å². The van der Waals surface area contributed by atoms with E-state index in [-0.39, 0.29) is 24.4 Å². The largest absolute Gasteiger partial charge is 0.446 e. The van der Waals surface area contributed by atoms with E-state index in [2.05, 4.69) is 34.9 Å². The summed E-state index contributed by atoms with van der Waals surface area (Å²) >= 11 is 0. The number of carbonyl (C=O) groups excluding carboxylic acids is 2. The van der Waals surface area contributed by atoms with Gasteiger partial charge >= 0.3 is 12.2 Å². The summed E-state index contributed by atoms with van der Waals surface area (Å²) in [5.74, 6) is 0. The van der Waals surface area contributed by atoms with Gasteiger partial charge in [0.1, 0.15) is 12.2 Å². The van der Waals surface area contributed by atoms with Crippen LogP contribution in [0.15, 0.2) is 24.3 Å². The highest BCUT2D eigenvalue weighted by molar-refractivity contribution is 5.67. The van der Waals surface area contributed by atoms with Crippen LogP contribution in [0.25, 0.3) is 0 Å². The van der Waals surface area contributed by atoms with Crippen LogP contribution in [-0.4, -0.2) is 63.9 Å². The Morgan fingerprint density at radius 2 is 1.06 bits per heavy atom. The molecule has 2 N–H and O–H groups in total. The third-order valence-electron chi connectivity index (χ3n) is 5.39. The summed E-state index contributed by atoms with van der Waals surface area (Å²) in [6.07, 6.45) is 17.6. The molecule has 2 aliphatic rings. The second-order valence-electron chi connectivity index (χ2n) is 8.09. The van der Waals surface area contributed by atoms with Crippen molar-refractivity contribution in [3.8, 4) is 0 Å². The van der Waals surface area contributed by atoms with Gasteiger partial charge in [-0.2, -0.15) is 0 Å². The zero-order valence-electron chi connectivity index (χ0n) is 19.2. The average Bonchev–Trinajstić information content (AvgIpc) is 2.73. The predicted octanol–water partition coefficient (Wildman–Crippen LogP) is 4.25. The molecule has 0 bridgehead atoms. The van der Waals surface area contributed by atoms with Gasteiger partial charge in [0, 0.05) is 13.1 Å². The maximum Gasteiger partial charge on any atom is 0.407 e. The van der Waals surface area contributed by atoms with Crippen molar-refractivity contribution in [2.45, 2.75) is 76.4 Å². The lowest BCUT2D eigenvalue weighted by atomic mass is 10.0. The van der Waals surface area contributed by atoms with E-state index < -0.39 is 0 Å². The number of hydrogen-bond acceptors (Lipinski definition) is 6. The lowest BCUT2D eigenvalue weighted by Gasteiger charge is -2.18. The van der Waals surface area contributed by atoms with Crippen LogP contribution >= 0.6 is 0 Å².